The van der Waals surface area contributed by atoms with Gasteiger partial charge in [-0.05, 0) is 54.3 Å². The molecule has 28 heavy (non-hydrogen) atoms. The first-order chi connectivity index (χ1) is 13.6. The van der Waals surface area contributed by atoms with E-state index in [1.165, 1.54) is 12.1 Å². The molecular weight excluding hydrogens is 357 g/mol. The minimum atomic E-state index is -0.276. The zero-order chi connectivity index (χ0) is 19.9. The van der Waals surface area contributed by atoms with Crippen LogP contribution in [0.25, 0.3) is 6.08 Å². The van der Waals surface area contributed by atoms with E-state index in [0.717, 1.165) is 24.0 Å². The fourth-order valence-corrected chi connectivity index (χ4v) is 2.88. The third-order valence-corrected chi connectivity index (χ3v) is 4.50. The zero-order valence-corrected chi connectivity index (χ0v) is 15.9. The van der Waals surface area contributed by atoms with Crippen LogP contribution in [0, 0.1) is 5.82 Å². The molecule has 1 aliphatic rings. The van der Waals surface area contributed by atoms with Gasteiger partial charge in [0.2, 0.25) is 5.91 Å². The zero-order valence-electron chi connectivity index (χ0n) is 15.9. The molecule has 0 N–H and O–H groups in total. The lowest BCUT2D eigenvalue weighted by atomic mass is 10.1. The van der Waals surface area contributed by atoms with Gasteiger partial charge in [-0.15, -0.1) is 0 Å². The van der Waals surface area contributed by atoms with E-state index in [-0.39, 0.29) is 17.8 Å². The van der Waals surface area contributed by atoms with Crippen molar-refractivity contribution in [1.29, 1.82) is 0 Å². The summed E-state index contributed by atoms with van der Waals surface area (Å²) in [6.45, 7) is 4.50. The highest BCUT2D eigenvalue weighted by Gasteiger charge is 2.31. The first kappa shape index (κ1) is 19.7. The molecule has 1 aliphatic carbocycles. The maximum Gasteiger partial charge on any atom is 0.247 e. The van der Waals surface area contributed by atoms with Gasteiger partial charge in [-0.25, -0.2) is 4.39 Å². The van der Waals surface area contributed by atoms with Gasteiger partial charge in [0.15, 0.2) is 11.5 Å². The van der Waals surface area contributed by atoms with E-state index in [9.17, 15) is 9.18 Å². The lowest BCUT2D eigenvalue weighted by Gasteiger charge is -2.21. The molecule has 0 radical (unpaired) electrons. The van der Waals surface area contributed by atoms with Crippen LogP contribution in [-0.4, -0.2) is 30.6 Å². The van der Waals surface area contributed by atoms with Gasteiger partial charge in [-0.3, -0.25) is 4.79 Å². The molecule has 2 aromatic rings. The Hall–Kier alpha value is -3.08. The van der Waals surface area contributed by atoms with Crippen LogP contribution in [0.2, 0.25) is 0 Å². The van der Waals surface area contributed by atoms with Crippen molar-refractivity contribution in [1.82, 2.24) is 4.90 Å². The molecule has 146 valence electrons. The molecular formula is C23H24FNO3. The predicted octanol–water partition coefficient (Wildman–Crippen LogP) is 4.60. The van der Waals surface area contributed by atoms with Crippen LogP contribution in [0.4, 0.5) is 4.39 Å². The van der Waals surface area contributed by atoms with Crippen LogP contribution in [0.3, 0.4) is 0 Å². The largest absolute Gasteiger partial charge is 0.493 e. The molecule has 1 fully saturated rings. The second kappa shape index (κ2) is 9.22. The fraction of sp³-hybridized carbons (Fsp3) is 0.261. The molecule has 0 bridgehead atoms. The molecule has 0 aliphatic heterocycles. The Labute approximate surface area is 164 Å². The Bertz CT molecular complexity index is 857. The monoisotopic (exact) mass is 381 g/mol. The van der Waals surface area contributed by atoms with Gasteiger partial charge < -0.3 is 14.4 Å². The number of carbonyl (C=O) groups excluding carboxylic acids is 1. The number of rotatable bonds is 9. The van der Waals surface area contributed by atoms with Gasteiger partial charge in [-0.1, -0.05) is 30.9 Å². The van der Waals surface area contributed by atoms with E-state index in [1.807, 2.05) is 23.1 Å². The summed E-state index contributed by atoms with van der Waals surface area (Å²) in [7, 11) is 1.58. The summed E-state index contributed by atoms with van der Waals surface area (Å²) in [5.41, 5.74) is 1.76. The topological polar surface area (TPSA) is 38.8 Å². The Morgan fingerprint density at radius 3 is 2.61 bits per heavy atom. The van der Waals surface area contributed by atoms with Crippen molar-refractivity contribution in [3.05, 3.63) is 78.1 Å². The van der Waals surface area contributed by atoms with Crippen molar-refractivity contribution in [2.24, 2.45) is 0 Å². The summed E-state index contributed by atoms with van der Waals surface area (Å²) in [5, 5.41) is 0. The molecule has 0 unspecified atom stereocenters. The van der Waals surface area contributed by atoms with E-state index in [2.05, 4.69) is 6.58 Å². The van der Waals surface area contributed by atoms with Crippen molar-refractivity contribution in [3.63, 3.8) is 0 Å². The number of hydrogen-bond acceptors (Lipinski definition) is 3. The molecule has 3 rings (SSSR count). The quantitative estimate of drug-likeness (QED) is 0.471. The van der Waals surface area contributed by atoms with Crippen molar-refractivity contribution >= 4 is 12.0 Å². The second-order valence-electron chi connectivity index (χ2n) is 6.67. The molecule has 1 amide bonds. The Morgan fingerprint density at radius 1 is 1.21 bits per heavy atom. The summed E-state index contributed by atoms with van der Waals surface area (Å²) in [6.07, 6.45) is 7.01. The first-order valence-corrected chi connectivity index (χ1v) is 9.25. The van der Waals surface area contributed by atoms with E-state index in [1.54, 1.807) is 37.5 Å². The smallest absolute Gasteiger partial charge is 0.247 e. The van der Waals surface area contributed by atoms with Crippen LogP contribution in [-0.2, 0) is 11.3 Å². The molecule has 4 nitrogen and oxygen atoms in total. The van der Waals surface area contributed by atoms with Crippen LogP contribution >= 0.6 is 0 Å². The highest BCUT2D eigenvalue weighted by atomic mass is 19.1. The lowest BCUT2D eigenvalue weighted by Crippen LogP contribution is -2.31. The molecule has 5 heteroatoms. The third-order valence-electron chi connectivity index (χ3n) is 4.50. The van der Waals surface area contributed by atoms with Crippen molar-refractivity contribution in [2.45, 2.75) is 25.4 Å². The molecule has 0 spiro atoms. The molecule has 0 heterocycles. The highest BCUT2D eigenvalue weighted by Crippen LogP contribution is 2.30. The summed E-state index contributed by atoms with van der Waals surface area (Å²) >= 11 is 0. The van der Waals surface area contributed by atoms with Crippen LogP contribution in [0.1, 0.15) is 24.0 Å². The highest BCUT2D eigenvalue weighted by molar-refractivity contribution is 5.92. The van der Waals surface area contributed by atoms with Crippen LogP contribution in [0.5, 0.6) is 11.5 Å². The Kier molecular flexibility index (Phi) is 6.48. The average Bonchev–Trinajstić information content (AvgIpc) is 3.55. The number of methoxy groups -OCH3 is 1. The van der Waals surface area contributed by atoms with Crippen molar-refractivity contribution in [2.75, 3.05) is 13.7 Å². The molecule has 0 aromatic heterocycles. The summed E-state index contributed by atoms with van der Waals surface area (Å²) < 4.78 is 24.0. The summed E-state index contributed by atoms with van der Waals surface area (Å²) in [4.78, 5) is 14.6. The minimum absolute atomic E-state index is 0.0576. The van der Waals surface area contributed by atoms with Crippen LogP contribution in [0.15, 0.2) is 61.2 Å². The second-order valence-corrected chi connectivity index (χ2v) is 6.67. The van der Waals surface area contributed by atoms with Crippen molar-refractivity contribution in [3.8, 4) is 11.5 Å². The number of carbonyl (C=O) groups is 1. The van der Waals surface area contributed by atoms with E-state index in [0.29, 0.717) is 24.7 Å². The number of hydrogen-bond donors (Lipinski definition) is 0. The van der Waals surface area contributed by atoms with E-state index < -0.39 is 0 Å². The number of halogens is 1. The number of ether oxygens (including phenoxy) is 2. The fourth-order valence-electron chi connectivity index (χ4n) is 2.88. The summed E-state index contributed by atoms with van der Waals surface area (Å²) in [5.74, 6) is 0.892. The molecule has 0 saturated heterocycles. The van der Waals surface area contributed by atoms with Gasteiger partial charge in [-0.2, -0.15) is 0 Å². The van der Waals surface area contributed by atoms with E-state index >= 15 is 0 Å². The Balaban J connectivity index is 1.70. The van der Waals surface area contributed by atoms with Gasteiger partial charge in [0.05, 0.1) is 7.11 Å². The van der Waals surface area contributed by atoms with Gasteiger partial charge in [0.25, 0.3) is 0 Å². The van der Waals surface area contributed by atoms with Crippen LogP contribution < -0.4 is 9.47 Å². The standard InChI is InChI=1S/C23H24FNO3/c1-3-14-28-21-12-6-17(15-22(21)27-2)7-13-23(26)25(20-10-11-20)16-18-4-8-19(24)9-5-18/h3-9,12-13,15,20H,1,10-11,14,16H2,2H3/b13-7+. The molecule has 0 atom stereocenters. The van der Waals surface area contributed by atoms with Gasteiger partial charge in [0.1, 0.15) is 12.4 Å². The number of benzene rings is 2. The normalized spacial score (nSPS) is 13.4. The first-order valence-electron chi connectivity index (χ1n) is 9.25. The predicted molar refractivity (Wildman–Crippen MR) is 108 cm³/mol. The number of amides is 1. The minimum Gasteiger partial charge on any atom is -0.493 e. The number of nitrogens with zero attached hydrogens (tertiary/aromatic N) is 1. The van der Waals surface area contributed by atoms with E-state index in [4.69, 9.17) is 9.47 Å². The maximum atomic E-state index is 13.1. The van der Waals surface area contributed by atoms with Crippen molar-refractivity contribution < 1.29 is 18.7 Å². The molecule has 2 aromatic carbocycles. The summed E-state index contributed by atoms with van der Waals surface area (Å²) in [6, 6.07) is 12.0. The maximum absolute atomic E-state index is 13.1. The van der Waals surface area contributed by atoms with Gasteiger partial charge in [0, 0.05) is 18.7 Å². The average molecular weight is 381 g/mol. The third kappa shape index (κ3) is 5.22. The lowest BCUT2D eigenvalue weighted by molar-refractivity contribution is -0.127. The van der Waals surface area contributed by atoms with Gasteiger partial charge >= 0.3 is 0 Å². The Morgan fingerprint density at radius 2 is 1.96 bits per heavy atom. The SMILES string of the molecule is C=CCOc1ccc(/C=C/C(=O)N(Cc2ccc(F)cc2)C2CC2)cc1OC. The molecule has 1 saturated carbocycles.